The molecule has 0 aliphatic heterocycles. The van der Waals surface area contributed by atoms with Crippen LogP contribution in [0.5, 0.6) is 0 Å². The molecule has 0 saturated carbocycles. The number of carbonyl (C=O) groups is 1. The highest BCUT2D eigenvalue weighted by molar-refractivity contribution is 5.94. The van der Waals surface area contributed by atoms with Gasteiger partial charge in [-0.15, -0.1) is 0 Å². The van der Waals surface area contributed by atoms with Crippen molar-refractivity contribution in [3.8, 4) is 6.07 Å². The third kappa shape index (κ3) is 3.90. The number of nitriles is 1. The highest BCUT2D eigenvalue weighted by Gasteiger charge is 2.14. The first-order chi connectivity index (χ1) is 10.6. The summed E-state index contributed by atoms with van der Waals surface area (Å²) in [5.41, 5.74) is 1.46. The molecule has 0 heterocycles. The first kappa shape index (κ1) is 15.7. The molecule has 4 nitrogen and oxygen atoms in total. The molecular weight excluding hydrogens is 283 g/mol. The van der Waals surface area contributed by atoms with E-state index in [9.17, 15) is 9.18 Å². The van der Waals surface area contributed by atoms with E-state index in [2.05, 4.69) is 5.32 Å². The van der Waals surface area contributed by atoms with Crippen LogP contribution in [0.1, 0.15) is 27.6 Å². The van der Waals surface area contributed by atoms with Gasteiger partial charge in [0.15, 0.2) is 0 Å². The van der Waals surface area contributed by atoms with E-state index >= 15 is 0 Å². The van der Waals surface area contributed by atoms with E-state index < -0.39 is 6.10 Å². The second kappa shape index (κ2) is 7.34. The fourth-order valence-corrected chi connectivity index (χ4v) is 2.06. The summed E-state index contributed by atoms with van der Waals surface area (Å²) in [5, 5.41) is 11.6. The van der Waals surface area contributed by atoms with Crippen molar-refractivity contribution in [2.24, 2.45) is 0 Å². The maximum Gasteiger partial charge on any atom is 0.251 e. The topological polar surface area (TPSA) is 62.1 Å². The number of carbonyl (C=O) groups excluding carboxylic acids is 1. The molecule has 2 aromatic rings. The molecule has 0 unspecified atom stereocenters. The maximum absolute atomic E-state index is 13.2. The SMILES string of the molecule is CO[C@H](CNC(=O)c1cccc(C#N)c1)c1cccc(F)c1. The normalized spacial score (nSPS) is 11.5. The van der Waals surface area contributed by atoms with Crippen molar-refractivity contribution in [1.82, 2.24) is 5.32 Å². The molecule has 0 aliphatic rings. The molecule has 0 bridgehead atoms. The molecule has 22 heavy (non-hydrogen) atoms. The Bertz CT molecular complexity index is 710. The van der Waals surface area contributed by atoms with E-state index in [4.69, 9.17) is 10.00 Å². The Hall–Kier alpha value is -2.71. The van der Waals surface area contributed by atoms with E-state index in [1.165, 1.54) is 25.3 Å². The van der Waals surface area contributed by atoms with Gasteiger partial charge in [-0.1, -0.05) is 18.2 Å². The van der Waals surface area contributed by atoms with Crippen molar-refractivity contribution in [3.63, 3.8) is 0 Å². The molecule has 2 rings (SSSR count). The van der Waals surface area contributed by atoms with Gasteiger partial charge in [0.1, 0.15) is 5.82 Å². The average Bonchev–Trinajstić information content (AvgIpc) is 2.55. The lowest BCUT2D eigenvalue weighted by Crippen LogP contribution is -2.29. The van der Waals surface area contributed by atoms with Crippen LogP contribution in [0.15, 0.2) is 48.5 Å². The Morgan fingerprint density at radius 3 is 2.77 bits per heavy atom. The molecule has 1 amide bonds. The smallest absolute Gasteiger partial charge is 0.251 e. The molecule has 0 spiro atoms. The number of ether oxygens (including phenoxy) is 1. The summed E-state index contributed by atoms with van der Waals surface area (Å²) in [6, 6.07) is 14.4. The third-order valence-electron chi connectivity index (χ3n) is 3.21. The predicted octanol–water partition coefficient (Wildman–Crippen LogP) is 2.81. The molecule has 0 aromatic heterocycles. The number of rotatable bonds is 5. The summed E-state index contributed by atoms with van der Waals surface area (Å²) >= 11 is 0. The van der Waals surface area contributed by atoms with Crippen LogP contribution < -0.4 is 5.32 Å². The zero-order valence-corrected chi connectivity index (χ0v) is 12.0. The van der Waals surface area contributed by atoms with Crippen LogP contribution in [-0.4, -0.2) is 19.6 Å². The first-order valence-corrected chi connectivity index (χ1v) is 6.70. The van der Waals surface area contributed by atoms with Crippen molar-refractivity contribution in [2.45, 2.75) is 6.10 Å². The number of hydrogen-bond donors (Lipinski definition) is 1. The fourth-order valence-electron chi connectivity index (χ4n) is 2.06. The Labute approximate surface area is 128 Å². The number of nitrogens with one attached hydrogen (secondary N) is 1. The van der Waals surface area contributed by atoms with Gasteiger partial charge in [0, 0.05) is 19.2 Å². The minimum atomic E-state index is -0.446. The van der Waals surface area contributed by atoms with Crippen molar-refractivity contribution < 1.29 is 13.9 Å². The van der Waals surface area contributed by atoms with Crippen molar-refractivity contribution >= 4 is 5.91 Å². The van der Waals surface area contributed by atoms with Gasteiger partial charge in [-0.25, -0.2) is 4.39 Å². The quantitative estimate of drug-likeness (QED) is 0.923. The molecule has 0 aliphatic carbocycles. The number of methoxy groups -OCH3 is 1. The molecule has 1 N–H and O–H groups in total. The van der Waals surface area contributed by atoms with Gasteiger partial charge in [0.05, 0.1) is 17.7 Å². The van der Waals surface area contributed by atoms with E-state index in [1.54, 1.807) is 30.3 Å². The maximum atomic E-state index is 13.2. The second-order valence-electron chi connectivity index (χ2n) is 4.68. The van der Waals surface area contributed by atoms with E-state index in [-0.39, 0.29) is 18.3 Å². The van der Waals surface area contributed by atoms with Crippen LogP contribution in [0.2, 0.25) is 0 Å². The largest absolute Gasteiger partial charge is 0.375 e. The van der Waals surface area contributed by atoms with Crippen molar-refractivity contribution in [1.29, 1.82) is 5.26 Å². The van der Waals surface area contributed by atoms with Crippen LogP contribution >= 0.6 is 0 Å². The van der Waals surface area contributed by atoms with E-state index in [0.29, 0.717) is 16.7 Å². The lowest BCUT2D eigenvalue weighted by atomic mass is 10.1. The summed E-state index contributed by atoms with van der Waals surface area (Å²) in [6.07, 6.45) is -0.446. The van der Waals surface area contributed by atoms with Crippen LogP contribution in [-0.2, 0) is 4.74 Å². The second-order valence-corrected chi connectivity index (χ2v) is 4.68. The van der Waals surface area contributed by atoms with Crippen LogP contribution in [0, 0.1) is 17.1 Å². The lowest BCUT2D eigenvalue weighted by molar-refractivity contribution is 0.0827. The van der Waals surface area contributed by atoms with E-state index in [0.717, 1.165) is 0 Å². The zero-order chi connectivity index (χ0) is 15.9. The first-order valence-electron chi connectivity index (χ1n) is 6.70. The predicted molar refractivity (Wildman–Crippen MR) is 79.6 cm³/mol. The highest BCUT2D eigenvalue weighted by atomic mass is 19.1. The minimum absolute atomic E-state index is 0.204. The molecule has 112 valence electrons. The molecule has 0 saturated heterocycles. The lowest BCUT2D eigenvalue weighted by Gasteiger charge is -2.16. The van der Waals surface area contributed by atoms with Crippen LogP contribution in [0.4, 0.5) is 4.39 Å². The molecule has 2 aromatic carbocycles. The standard InChI is InChI=1S/C17H15FN2O2/c1-22-16(13-5-3-7-15(18)9-13)11-20-17(21)14-6-2-4-12(8-14)10-19/h2-9,16H,11H2,1H3,(H,20,21)/t16-/m1/s1. The van der Waals surface area contributed by atoms with E-state index in [1.807, 2.05) is 6.07 Å². The zero-order valence-electron chi connectivity index (χ0n) is 12.0. The summed E-state index contributed by atoms with van der Waals surface area (Å²) in [4.78, 5) is 12.1. The van der Waals surface area contributed by atoms with Gasteiger partial charge in [-0.05, 0) is 35.9 Å². The van der Waals surface area contributed by atoms with Crippen LogP contribution in [0.3, 0.4) is 0 Å². The monoisotopic (exact) mass is 298 g/mol. The Balaban J connectivity index is 2.04. The molecule has 5 heteroatoms. The van der Waals surface area contributed by atoms with Crippen molar-refractivity contribution in [2.75, 3.05) is 13.7 Å². The summed E-state index contributed by atoms with van der Waals surface area (Å²) < 4.78 is 18.5. The van der Waals surface area contributed by atoms with Crippen molar-refractivity contribution in [3.05, 3.63) is 71.0 Å². The van der Waals surface area contributed by atoms with Crippen LogP contribution in [0.25, 0.3) is 0 Å². The average molecular weight is 298 g/mol. The summed E-state index contributed by atoms with van der Waals surface area (Å²) in [7, 11) is 1.50. The van der Waals surface area contributed by atoms with Gasteiger partial charge < -0.3 is 10.1 Å². The van der Waals surface area contributed by atoms with Gasteiger partial charge in [-0.2, -0.15) is 5.26 Å². The van der Waals surface area contributed by atoms with Gasteiger partial charge in [0.2, 0.25) is 0 Å². The Morgan fingerprint density at radius 1 is 1.32 bits per heavy atom. The Kier molecular flexibility index (Phi) is 5.23. The van der Waals surface area contributed by atoms with Gasteiger partial charge >= 0.3 is 0 Å². The summed E-state index contributed by atoms with van der Waals surface area (Å²) in [6.45, 7) is 0.204. The number of benzene rings is 2. The highest BCUT2D eigenvalue weighted by Crippen LogP contribution is 2.17. The summed E-state index contributed by atoms with van der Waals surface area (Å²) in [5.74, 6) is -0.664. The fraction of sp³-hybridized carbons (Fsp3) is 0.176. The third-order valence-corrected chi connectivity index (χ3v) is 3.21. The molecule has 1 atom stereocenters. The number of halogens is 1. The number of hydrogen-bond acceptors (Lipinski definition) is 3. The Morgan fingerprint density at radius 2 is 2.09 bits per heavy atom. The number of nitrogens with zero attached hydrogens (tertiary/aromatic N) is 1. The molecule has 0 fully saturated rings. The molecular formula is C17H15FN2O2. The minimum Gasteiger partial charge on any atom is -0.375 e. The number of amides is 1. The molecule has 0 radical (unpaired) electrons. The van der Waals surface area contributed by atoms with Gasteiger partial charge in [-0.3, -0.25) is 4.79 Å². The van der Waals surface area contributed by atoms with Gasteiger partial charge in [0.25, 0.3) is 5.91 Å².